The van der Waals surface area contributed by atoms with Crippen molar-refractivity contribution in [2.24, 2.45) is 0 Å². The summed E-state index contributed by atoms with van der Waals surface area (Å²) in [6.07, 6.45) is -0.752. The van der Waals surface area contributed by atoms with Gasteiger partial charge in [0.2, 0.25) is 6.23 Å². The largest absolute Gasteiger partial charge is 0.432 e. The lowest BCUT2D eigenvalue weighted by Crippen LogP contribution is -2.20. The van der Waals surface area contributed by atoms with E-state index in [1.54, 1.807) is 28.9 Å². The Morgan fingerprint density at radius 2 is 1.82 bits per heavy atom. The normalized spacial score (nSPS) is 12.1. The van der Waals surface area contributed by atoms with E-state index in [0.29, 0.717) is 10.6 Å². The fraction of sp³-hybridized carbons (Fsp3) is 0.136. The summed E-state index contributed by atoms with van der Waals surface area (Å²) in [5, 5.41) is 8.93. The van der Waals surface area contributed by atoms with E-state index in [9.17, 15) is 4.79 Å². The molecule has 6 heteroatoms. The van der Waals surface area contributed by atoms with Crippen LogP contribution in [0.2, 0.25) is 5.02 Å². The van der Waals surface area contributed by atoms with Crippen LogP contribution in [-0.4, -0.2) is 21.0 Å². The number of nitrogens with zero attached hydrogens (tertiary/aromatic N) is 3. The maximum atomic E-state index is 12.8. The Morgan fingerprint density at radius 1 is 1.00 bits per heavy atom. The molecule has 0 bridgehead atoms. The maximum absolute atomic E-state index is 12.8. The van der Waals surface area contributed by atoms with Gasteiger partial charge in [0, 0.05) is 10.6 Å². The zero-order valence-electron chi connectivity index (χ0n) is 15.5. The van der Waals surface area contributed by atoms with Gasteiger partial charge >= 0.3 is 5.97 Å². The molecule has 0 spiro atoms. The standard InChI is InChI=1S/C22H18ClN3O2/c1-14-10-11-16(12-15(14)2)21(26-20-9-4-3-8-19(20)24-25-26)28-22(27)17-6-5-7-18(23)13-17/h3-13,21H,1-2H3. The molecule has 1 aromatic heterocycles. The first-order valence-corrected chi connectivity index (χ1v) is 9.24. The van der Waals surface area contributed by atoms with Gasteiger partial charge in [0.25, 0.3) is 0 Å². The second-order valence-electron chi connectivity index (χ2n) is 6.63. The molecule has 4 aromatic rings. The number of carbonyl (C=O) groups excluding carboxylic acids is 1. The molecule has 1 heterocycles. The summed E-state index contributed by atoms with van der Waals surface area (Å²) in [6, 6.07) is 20.2. The van der Waals surface area contributed by atoms with Crippen LogP contribution in [0.3, 0.4) is 0 Å². The molecule has 0 amide bonds. The molecule has 0 saturated heterocycles. The smallest absolute Gasteiger partial charge is 0.340 e. The first-order chi connectivity index (χ1) is 13.5. The van der Waals surface area contributed by atoms with Crippen molar-refractivity contribution in [3.05, 3.63) is 94.0 Å². The van der Waals surface area contributed by atoms with E-state index in [4.69, 9.17) is 16.3 Å². The minimum absolute atomic E-state index is 0.380. The molecule has 140 valence electrons. The average molecular weight is 392 g/mol. The number of para-hydroxylation sites is 1. The van der Waals surface area contributed by atoms with Crippen molar-refractivity contribution >= 4 is 28.6 Å². The van der Waals surface area contributed by atoms with Crippen LogP contribution in [0, 0.1) is 13.8 Å². The summed E-state index contributed by atoms with van der Waals surface area (Å²) < 4.78 is 7.51. The summed E-state index contributed by atoms with van der Waals surface area (Å²) in [5.41, 5.74) is 4.97. The summed E-state index contributed by atoms with van der Waals surface area (Å²) >= 11 is 6.02. The van der Waals surface area contributed by atoms with Gasteiger partial charge in [-0.05, 0) is 55.3 Å². The summed E-state index contributed by atoms with van der Waals surface area (Å²) in [6.45, 7) is 4.06. The molecular weight excluding hydrogens is 374 g/mol. The first kappa shape index (κ1) is 18.2. The number of ether oxygens (including phenoxy) is 1. The molecule has 0 aliphatic heterocycles. The highest BCUT2D eigenvalue weighted by atomic mass is 35.5. The molecule has 1 unspecified atom stereocenters. The third kappa shape index (κ3) is 3.49. The van der Waals surface area contributed by atoms with Crippen LogP contribution in [0.25, 0.3) is 11.0 Å². The van der Waals surface area contributed by atoms with Gasteiger partial charge in [-0.25, -0.2) is 9.48 Å². The molecular formula is C22H18ClN3O2. The number of halogens is 1. The number of carbonyl (C=O) groups is 1. The van der Waals surface area contributed by atoms with E-state index in [1.807, 2.05) is 56.3 Å². The van der Waals surface area contributed by atoms with Crippen molar-refractivity contribution in [1.29, 1.82) is 0 Å². The summed E-state index contributed by atoms with van der Waals surface area (Å²) in [7, 11) is 0. The number of aromatic nitrogens is 3. The van der Waals surface area contributed by atoms with Crippen molar-refractivity contribution < 1.29 is 9.53 Å². The SMILES string of the molecule is Cc1ccc(C(OC(=O)c2cccc(Cl)c2)n2nnc3ccccc32)cc1C. The van der Waals surface area contributed by atoms with Crippen LogP contribution in [-0.2, 0) is 4.74 Å². The third-order valence-electron chi connectivity index (χ3n) is 4.69. The second-order valence-corrected chi connectivity index (χ2v) is 7.07. The zero-order chi connectivity index (χ0) is 19.7. The van der Waals surface area contributed by atoms with E-state index < -0.39 is 12.2 Å². The highest BCUT2D eigenvalue weighted by Crippen LogP contribution is 2.26. The van der Waals surface area contributed by atoms with Crippen LogP contribution in [0.15, 0.2) is 66.7 Å². The molecule has 1 atom stereocenters. The lowest BCUT2D eigenvalue weighted by Gasteiger charge is -2.20. The first-order valence-electron chi connectivity index (χ1n) is 8.86. The van der Waals surface area contributed by atoms with E-state index >= 15 is 0 Å². The molecule has 0 fully saturated rings. The Hall–Kier alpha value is -3.18. The van der Waals surface area contributed by atoms with Crippen molar-refractivity contribution in [2.75, 3.05) is 0 Å². The molecule has 0 N–H and O–H groups in total. The molecule has 28 heavy (non-hydrogen) atoms. The van der Waals surface area contributed by atoms with E-state index in [-0.39, 0.29) is 0 Å². The molecule has 4 rings (SSSR count). The molecule has 0 radical (unpaired) electrons. The van der Waals surface area contributed by atoms with Gasteiger partial charge in [-0.15, -0.1) is 5.10 Å². The number of hydrogen-bond acceptors (Lipinski definition) is 4. The lowest BCUT2D eigenvalue weighted by atomic mass is 10.1. The maximum Gasteiger partial charge on any atom is 0.340 e. The van der Waals surface area contributed by atoms with Crippen LogP contribution in [0.4, 0.5) is 0 Å². The summed E-state index contributed by atoms with van der Waals surface area (Å²) in [4.78, 5) is 12.8. The van der Waals surface area contributed by atoms with Crippen molar-refractivity contribution in [3.63, 3.8) is 0 Å². The Bertz CT molecular complexity index is 1170. The van der Waals surface area contributed by atoms with Gasteiger partial charge in [-0.2, -0.15) is 0 Å². The highest BCUT2D eigenvalue weighted by molar-refractivity contribution is 6.30. The van der Waals surface area contributed by atoms with E-state index in [1.165, 1.54) is 0 Å². The molecule has 0 aliphatic rings. The fourth-order valence-electron chi connectivity index (χ4n) is 3.02. The highest BCUT2D eigenvalue weighted by Gasteiger charge is 2.23. The van der Waals surface area contributed by atoms with Gasteiger partial charge in [-0.1, -0.05) is 53.2 Å². The van der Waals surface area contributed by atoms with Gasteiger partial charge in [-0.3, -0.25) is 0 Å². The zero-order valence-corrected chi connectivity index (χ0v) is 16.2. The Kier molecular flexibility index (Phi) is 4.84. The third-order valence-corrected chi connectivity index (χ3v) is 4.93. The predicted molar refractivity (Wildman–Crippen MR) is 108 cm³/mol. The van der Waals surface area contributed by atoms with Gasteiger partial charge in [0.15, 0.2) is 0 Å². The topological polar surface area (TPSA) is 57.0 Å². The minimum Gasteiger partial charge on any atom is -0.432 e. The van der Waals surface area contributed by atoms with E-state index in [2.05, 4.69) is 10.3 Å². The van der Waals surface area contributed by atoms with Crippen LogP contribution in [0.5, 0.6) is 0 Å². The Morgan fingerprint density at radius 3 is 2.61 bits per heavy atom. The predicted octanol–water partition coefficient (Wildman–Crippen LogP) is 5.11. The van der Waals surface area contributed by atoms with E-state index in [0.717, 1.165) is 27.7 Å². The molecule has 0 saturated carbocycles. The quantitative estimate of drug-likeness (QED) is 0.454. The number of aryl methyl sites for hydroxylation is 2. The minimum atomic E-state index is -0.752. The van der Waals surface area contributed by atoms with Crippen LogP contribution in [0.1, 0.15) is 33.3 Å². The van der Waals surface area contributed by atoms with Crippen molar-refractivity contribution in [3.8, 4) is 0 Å². The second kappa shape index (κ2) is 7.44. The van der Waals surface area contributed by atoms with Crippen molar-refractivity contribution in [1.82, 2.24) is 15.0 Å². The van der Waals surface area contributed by atoms with Gasteiger partial charge < -0.3 is 4.74 Å². The van der Waals surface area contributed by atoms with Crippen LogP contribution >= 0.6 is 11.6 Å². The number of rotatable bonds is 4. The fourth-order valence-corrected chi connectivity index (χ4v) is 3.21. The number of fused-ring (bicyclic) bond motifs is 1. The average Bonchev–Trinajstić information content (AvgIpc) is 3.12. The number of benzene rings is 3. The van der Waals surface area contributed by atoms with Crippen molar-refractivity contribution in [2.45, 2.75) is 20.1 Å². The molecule has 0 aliphatic carbocycles. The van der Waals surface area contributed by atoms with Crippen LogP contribution < -0.4 is 0 Å². The number of hydrogen-bond donors (Lipinski definition) is 0. The Labute approximate surface area is 167 Å². The molecule has 3 aromatic carbocycles. The molecule has 5 nitrogen and oxygen atoms in total. The summed E-state index contributed by atoms with van der Waals surface area (Å²) in [5.74, 6) is -0.481. The monoisotopic (exact) mass is 391 g/mol. The number of esters is 1. The van der Waals surface area contributed by atoms with Gasteiger partial charge in [0.05, 0.1) is 11.1 Å². The lowest BCUT2D eigenvalue weighted by molar-refractivity contribution is 0.0196. The Balaban J connectivity index is 1.79. The van der Waals surface area contributed by atoms with Gasteiger partial charge in [0.1, 0.15) is 5.52 Å².